The Morgan fingerprint density at radius 3 is 2.36 bits per heavy atom. The van der Waals surface area contributed by atoms with Crippen LogP contribution in [0.5, 0.6) is 11.5 Å². The number of rotatable bonds is 4. The first-order valence-corrected chi connectivity index (χ1v) is 11.6. The molecule has 3 heterocycles. The molecule has 1 amide bonds. The molecule has 1 fully saturated rings. The Balaban J connectivity index is 1.31. The van der Waals surface area contributed by atoms with Crippen LogP contribution >= 0.6 is 0 Å². The van der Waals surface area contributed by atoms with E-state index in [1.165, 1.54) is 5.69 Å². The molecule has 5 rings (SSSR count). The van der Waals surface area contributed by atoms with Crippen molar-refractivity contribution in [1.82, 2.24) is 9.88 Å². The third-order valence-corrected chi connectivity index (χ3v) is 6.71. The molecule has 2 aliphatic heterocycles. The van der Waals surface area contributed by atoms with Crippen LogP contribution < -0.4 is 20.1 Å². The standard InChI is InChI=1S/C26H30N4O3/c1-17(26(31)30-10-8-29(9-11-30)20-6-4-3-5-7-20)25(27)21-14-19-15-23-24(33-13-12-32-23)16-22(19)28-18(21)2/h3-7,14-17,25H,8-13,27H2,1-2H3. The van der Waals surface area contributed by atoms with Crippen molar-refractivity contribution in [3.8, 4) is 11.5 Å². The van der Waals surface area contributed by atoms with Crippen molar-refractivity contribution in [3.05, 3.63) is 59.8 Å². The maximum absolute atomic E-state index is 13.3. The van der Waals surface area contributed by atoms with E-state index < -0.39 is 6.04 Å². The number of carbonyl (C=O) groups excluding carboxylic acids is 1. The zero-order chi connectivity index (χ0) is 22.9. The molecule has 7 nitrogen and oxygen atoms in total. The molecule has 1 saturated heterocycles. The first-order chi connectivity index (χ1) is 16.0. The van der Waals surface area contributed by atoms with E-state index in [-0.39, 0.29) is 11.8 Å². The number of carbonyl (C=O) groups is 1. The Kier molecular flexibility index (Phi) is 5.81. The molecule has 2 atom stereocenters. The van der Waals surface area contributed by atoms with Crippen LogP contribution in [0, 0.1) is 12.8 Å². The molecular weight excluding hydrogens is 416 g/mol. The smallest absolute Gasteiger partial charge is 0.227 e. The van der Waals surface area contributed by atoms with E-state index in [0.717, 1.165) is 46.7 Å². The van der Waals surface area contributed by atoms with Crippen molar-refractivity contribution in [1.29, 1.82) is 0 Å². The molecule has 0 saturated carbocycles. The highest BCUT2D eigenvalue weighted by molar-refractivity contribution is 5.84. The summed E-state index contributed by atoms with van der Waals surface area (Å²) in [6, 6.07) is 15.8. The topological polar surface area (TPSA) is 80.9 Å². The average molecular weight is 447 g/mol. The highest BCUT2D eigenvalue weighted by Gasteiger charge is 2.30. The maximum atomic E-state index is 13.3. The fourth-order valence-corrected chi connectivity index (χ4v) is 4.70. The van der Waals surface area contributed by atoms with E-state index in [1.807, 2.05) is 55.1 Å². The van der Waals surface area contributed by atoms with E-state index in [4.69, 9.17) is 20.2 Å². The Bertz CT molecular complexity index is 1160. The molecule has 0 radical (unpaired) electrons. The van der Waals surface area contributed by atoms with Crippen molar-refractivity contribution in [2.45, 2.75) is 19.9 Å². The van der Waals surface area contributed by atoms with Gasteiger partial charge in [0, 0.05) is 55.1 Å². The number of ether oxygens (including phenoxy) is 2. The summed E-state index contributed by atoms with van der Waals surface area (Å²) in [4.78, 5) is 22.3. The second-order valence-electron chi connectivity index (χ2n) is 8.81. The van der Waals surface area contributed by atoms with Crippen LogP contribution in [0.15, 0.2) is 48.5 Å². The van der Waals surface area contributed by atoms with Crippen molar-refractivity contribution in [2.24, 2.45) is 11.7 Å². The van der Waals surface area contributed by atoms with Crippen LogP contribution in [-0.4, -0.2) is 55.2 Å². The number of anilines is 1. The van der Waals surface area contributed by atoms with Gasteiger partial charge in [-0.25, -0.2) is 0 Å². The van der Waals surface area contributed by atoms with Gasteiger partial charge in [0.2, 0.25) is 5.91 Å². The normalized spacial score (nSPS) is 17.7. The highest BCUT2D eigenvalue weighted by atomic mass is 16.6. The first kappa shape index (κ1) is 21.5. The average Bonchev–Trinajstić information content (AvgIpc) is 2.86. The molecule has 2 unspecified atom stereocenters. The summed E-state index contributed by atoms with van der Waals surface area (Å²) in [5.41, 5.74) is 10.4. The lowest BCUT2D eigenvalue weighted by molar-refractivity contribution is -0.136. The zero-order valence-corrected chi connectivity index (χ0v) is 19.2. The van der Waals surface area contributed by atoms with Crippen LogP contribution in [0.4, 0.5) is 5.69 Å². The number of benzene rings is 2. The summed E-state index contributed by atoms with van der Waals surface area (Å²) in [6.07, 6.45) is 0. The van der Waals surface area contributed by atoms with Gasteiger partial charge in [0.25, 0.3) is 0 Å². The lowest BCUT2D eigenvalue weighted by atomic mass is 9.92. The number of pyridine rings is 1. The lowest BCUT2D eigenvalue weighted by Crippen LogP contribution is -2.51. The summed E-state index contributed by atoms with van der Waals surface area (Å²) in [6.45, 7) is 7.98. The van der Waals surface area contributed by atoms with Gasteiger partial charge in [-0.15, -0.1) is 0 Å². The van der Waals surface area contributed by atoms with Crippen LogP contribution in [0.2, 0.25) is 0 Å². The predicted molar refractivity (Wildman–Crippen MR) is 129 cm³/mol. The first-order valence-electron chi connectivity index (χ1n) is 11.6. The number of hydrogen-bond donors (Lipinski definition) is 1. The van der Waals surface area contributed by atoms with E-state index in [1.54, 1.807) is 0 Å². The third-order valence-electron chi connectivity index (χ3n) is 6.71. The van der Waals surface area contributed by atoms with Crippen LogP contribution in [-0.2, 0) is 4.79 Å². The van der Waals surface area contributed by atoms with Gasteiger partial charge in [0.1, 0.15) is 13.2 Å². The number of amides is 1. The molecule has 172 valence electrons. The molecule has 33 heavy (non-hydrogen) atoms. The molecule has 0 spiro atoms. The maximum Gasteiger partial charge on any atom is 0.227 e. The van der Waals surface area contributed by atoms with Crippen LogP contribution in [0.3, 0.4) is 0 Å². The van der Waals surface area contributed by atoms with Gasteiger partial charge in [0.15, 0.2) is 11.5 Å². The monoisotopic (exact) mass is 446 g/mol. The number of para-hydroxylation sites is 1. The SMILES string of the molecule is Cc1nc2cc3c(cc2cc1C(N)C(C)C(=O)N1CCN(c2ccccc2)CC1)OCCO3. The van der Waals surface area contributed by atoms with Gasteiger partial charge < -0.3 is 25.0 Å². The number of piperazine rings is 1. The quantitative estimate of drug-likeness (QED) is 0.662. The Labute approximate surface area is 194 Å². The van der Waals surface area contributed by atoms with Gasteiger partial charge in [-0.2, -0.15) is 0 Å². The van der Waals surface area contributed by atoms with E-state index in [2.05, 4.69) is 17.0 Å². The zero-order valence-electron chi connectivity index (χ0n) is 19.2. The largest absolute Gasteiger partial charge is 0.486 e. The number of hydrogen-bond acceptors (Lipinski definition) is 6. The van der Waals surface area contributed by atoms with E-state index >= 15 is 0 Å². The lowest BCUT2D eigenvalue weighted by Gasteiger charge is -2.38. The number of nitrogens with zero attached hydrogens (tertiary/aromatic N) is 3. The Hall–Kier alpha value is -3.32. The number of aromatic nitrogens is 1. The molecule has 0 aliphatic carbocycles. The van der Waals surface area contributed by atoms with Gasteiger partial charge in [-0.3, -0.25) is 9.78 Å². The van der Waals surface area contributed by atoms with Crippen LogP contribution in [0.1, 0.15) is 24.2 Å². The molecule has 3 aromatic rings. The molecular formula is C26H30N4O3. The van der Waals surface area contributed by atoms with E-state index in [9.17, 15) is 4.79 Å². The number of nitrogens with two attached hydrogens (primary N) is 1. The second-order valence-corrected chi connectivity index (χ2v) is 8.81. The molecule has 1 aromatic heterocycles. The van der Waals surface area contributed by atoms with E-state index in [0.29, 0.717) is 26.3 Å². The number of aryl methyl sites for hydroxylation is 1. The fraction of sp³-hybridized carbons (Fsp3) is 0.385. The molecule has 2 aromatic carbocycles. The fourth-order valence-electron chi connectivity index (χ4n) is 4.70. The molecule has 0 bridgehead atoms. The summed E-state index contributed by atoms with van der Waals surface area (Å²) >= 11 is 0. The minimum Gasteiger partial charge on any atom is -0.486 e. The highest BCUT2D eigenvalue weighted by Crippen LogP contribution is 2.36. The van der Waals surface area contributed by atoms with Gasteiger partial charge >= 0.3 is 0 Å². The summed E-state index contributed by atoms with van der Waals surface area (Å²) in [7, 11) is 0. The van der Waals surface area contributed by atoms with Crippen LogP contribution in [0.25, 0.3) is 10.9 Å². The van der Waals surface area contributed by atoms with Crippen molar-refractivity contribution in [3.63, 3.8) is 0 Å². The van der Waals surface area contributed by atoms with Crippen molar-refractivity contribution >= 4 is 22.5 Å². The summed E-state index contributed by atoms with van der Waals surface area (Å²) in [5, 5.41) is 0.937. The minimum absolute atomic E-state index is 0.0943. The minimum atomic E-state index is -0.435. The molecule has 2 N–H and O–H groups in total. The Morgan fingerprint density at radius 1 is 1.00 bits per heavy atom. The summed E-state index contributed by atoms with van der Waals surface area (Å²) in [5.74, 6) is 1.19. The third kappa shape index (κ3) is 4.20. The molecule has 7 heteroatoms. The summed E-state index contributed by atoms with van der Waals surface area (Å²) < 4.78 is 11.4. The van der Waals surface area contributed by atoms with Gasteiger partial charge in [0.05, 0.1) is 11.4 Å². The predicted octanol–water partition coefficient (Wildman–Crippen LogP) is 3.30. The van der Waals surface area contributed by atoms with Gasteiger partial charge in [-0.05, 0) is 36.8 Å². The number of fused-ring (bicyclic) bond motifs is 2. The van der Waals surface area contributed by atoms with Crippen molar-refractivity contribution < 1.29 is 14.3 Å². The Morgan fingerprint density at radius 2 is 1.67 bits per heavy atom. The molecule has 2 aliphatic rings. The van der Waals surface area contributed by atoms with Gasteiger partial charge in [-0.1, -0.05) is 25.1 Å². The second kappa shape index (κ2) is 8.90. The van der Waals surface area contributed by atoms with Crippen molar-refractivity contribution in [2.75, 3.05) is 44.3 Å².